The first-order valence-corrected chi connectivity index (χ1v) is 14.8. The highest BCUT2D eigenvalue weighted by Gasteiger charge is 2.27. The molecule has 2 amide bonds. The molecule has 1 aliphatic heterocycles. The molecule has 0 bridgehead atoms. The van der Waals surface area contributed by atoms with Gasteiger partial charge in [-0.05, 0) is 64.3 Å². The number of benzene rings is 1. The molecule has 1 aromatic carbocycles. The number of nitrogens with one attached hydrogen (secondary N) is 1. The molecule has 0 aliphatic carbocycles. The van der Waals surface area contributed by atoms with Gasteiger partial charge in [-0.15, -0.1) is 11.3 Å². The van der Waals surface area contributed by atoms with Gasteiger partial charge in [0.15, 0.2) is 0 Å². The van der Waals surface area contributed by atoms with Crippen molar-refractivity contribution in [1.82, 2.24) is 4.90 Å². The summed E-state index contributed by atoms with van der Waals surface area (Å²) in [5.41, 5.74) is 2.50. The van der Waals surface area contributed by atoms with E-state index in [9.17, 15) is 9.59 Å². The van der Waals surface area contributed by atoms with Crippen LogP contribution in [0.2, 0.25) is 0 Å². The van der Waals surface area contributed by atoms with Gasteiger partial charge in [0.05, 0.1) is 0 Å². The lowest BCUT2D eigenvalue weighted by atomic mass is 10.0. The number of amides is 2. The van der Waals surface area contributed by atoms with Crippen molar-refractivity contribution in [1.29, 1.82) is 0 Å². The van der Waals surface area contributed by atoms with E-state index in [1.54, 1.807) is 4.90 Å². The van der Waals surface area contributed by atoms with Crippen molar-refractivity contribution in [2.75, 3.05) is 18.4 Å². The molecule has 2 aromatic rings. The average Bonchev–Trinajstić information content (AvgIpc) is 3.34. The highest BCUT2D eigenvalue weighted by Crippen LogP contribution is 2.37. The number of hydrogen-bond acceptors (Lipinski definition) is 4. The van der Waals surface area contributed by atoms with Crippen molar-refractivity contribution < 1.29 is 14.3 Å². The van der Waals surface area contributed by atoms with Crippen LogP contribution in [0.3, 0.4) is 0 Å². The third kappa shape index (κ3) is 11.8. The third-order valence-electron chi connectivity index (χ3n) is 4.90. The molecular formula is C31H45BrN2O3S. The zero-order chi connectivity index (χ0) is 29.3. The maximum atomic E-state index is 13.0. The molecule has 0 spiro atoms. The average molecular weight is 606 g/mol. The van der Waals surface area contributed by atoms with Crippen LogP contribution in [0.15, 0.2) is 70.6 Å². The molecule has 3 rings (SSSR count). The molecule has 1 N–H and O–H groups in total. The smallest absolute Gasteiger partial charge is 0.342 e. The fraction of sp³-hybridized carbons (Fsp3) is 0.419. The lowest BCUT2D eigenvalue weighted by Gasteiger charge is -2.26. The Morgan fingerprint density at radius 3 is 2.11 bits per heavy atom. The van der Waals surface area contributed by atoms with Crippen molar-refractivity contribution >= 4 is 44.3 Å². The highest BCUT2D eigenvalue weighted by atomic mass is 79.9. The number of carbonyl (C=O) groups excluding carboxylic acids is 2. The first-order valence-electron chi connectivity index (χ1n) is 13.1. The number of thiophene rings is 1. The number of anilines is 1. The van der Waals surface area contributed by atoms with Gasteiger partial charge in [0.1, 0.15) is 16.2 Å². The van der Waals surface area contributed by atoms with Crippen molar-refractivity contribution in [3.8, 4) is 11.1 Å². The first kappa shape index (κ1) is 35.4. The number of halogens is 1. The largest absolute Gasteiger partial charge is 0.456 e. The van der Waals surface area contributed by atoms with Crippen LogP contribution in [-0.2, 0) is 4.74 Å². The summed E-state index contributed by atoms with van der Waals surface area (Å²) in [5, 5.41) is 5.29. The van der Waals surface area contributed by atoms with Crippen LogP contribution < -0.4 is 5.32 Å². The van der Waals surface area contributed by atoms with Gasteiger partial charge in [-0.1, -0.05) is 86.6 Å². The molecular weight excluding hydrogens is 560 g/mol. The molecule has 38 heavy (non-hydrogen) atoms. The number of allylic oxidation sites excluding steroid dienone is 3. The van der Waals surface area contributed by atoms with Crippen molar-refractivity contribution in [2.24, 2.45) is 0 Å². The van der Waals surface area contributed by atoms with E-state index < -0.39 is 11.6 Å². The molecule has 5 nitrogen and oxygen atoms in total. The van der Waals surface area contributed by atoms with Crippen LogP contribution in [-0.4, -0.2) is 35.6 Å². The highest BCUT2D eigenvalue weighted by molar-refractivity contribution is 9.10. The number of rotatable bonds is 4. The Balaban J connectivity index is 0.00000153. The van der Waals surface area contributed by atoms with Gasteiger partial charge < -0.3 is 9.64 Å². The SMILES string of the molecule is C/C=C\C.C=CC1=CCN(C(=O)Nc2scc(-c3ccc(Br)cc3)c2C(=O)OC(C)(C)C)CC1.CC.CC. The molecule has 1 aromatic heterocycles. The van der Waals surface area contributed by atoms with Gasteiger partial charge in [-0.3, -0.25) is 5.32 Å². The summed E-state index contributed by atoms with van der Waals surface area (Å²) >= 11 is 4.76. The summed E-state index contributed by atoms with van der Waals surface area (Å²) in [5.74, 6) is -0.454. The molecule has 210 valence electrons. The van der Waals surface area contributed by atoms with E-state index in [4.69, 9.17) is 4.74 Å². The minimum atomic E-state index is -0.643. The van der Waals surface area contributed by atoms with Gasteiger partial charge in [0, 0.05) is 28.5 Å². The van der Waals surface area contributed by atoms with Crippen LogP contribution in [0.1, 0.15) is 79.1 Å². The number of carbonyl (C=O) groups is 2. The van der Waals surface area contributed by atoms with E-state index in [0.717, 1.165) is 27.6 Å². The van der Waals surface area contributed by atoms with Crippen molar-refractivity contribution in [3.05, 3.63) is 76.1 Å². The van der Waals surface area contributed by atoms with Crippen LogP contribution >= 0.6 is 27.3 Å². The number of nitrogens with zero attached hydrogens (tertiary/aromatic N) is 1. The third-order valence-corrected chi connectivity index (χ3v) is 6.32. The summed E-state index contributed by atoms with van der Waals surface area (Å²) in [6.07, 6.45) is 8.58. The van der Waals surface area contributed by atoms with Gasteiger partial charge in [0.25, 0.3) is 0 Å². The van der Waals surface area contributed by atoms with Crippen molar-refractivity contribution in [3.63, 3.8) is 0 Å². The quantitative estimate of drug-likeness (QED) is 0.279. The summed E-state index contributed by atoms with van der Waals surface area (Å²) in [4.78, 5) is 27.6. The minimum Gasteiger partial charge on any atom is -0.456 e. The molecule has 0 saturated heterocycles. The van der Waals surface area contributed by atoms with E-state index in [-0.39, 0.29) is 6.03 Å². The Bertz CT molecular complexity index is 1060. The molecule has 7 heteroatoms. The number of esters is 1. The molecule has 0 radical (unpaired) electrons. The van der Waals surface area contributed by atoms with E-state index in [1.807, 2.05) is 116 Å². The van der Waals surface area contributed by atoms with Crippen LogP contribution in [0.25, 0.3) is 11.1 Å². The molecule has 1 aliphatic rings. The van der Waals surface area contributed by atoms with E-state index >= 15 is 0 Å². The maximum Gasteiger partial charge on any atom is 0.342 e. The molecule has 0 atom stereocenters. The standard InChI is InChI=1S/C23H25BrN2O3S.C4H8.2C2H6/c1-5-15-10-12-26(13-11-15)22(28)25-20-19(21(27)29-23(2,3)4)18(14-30-20)16-6-8-17(24)9-7-16;1-3-4-2;2*1-2/h5-10,14H,1,11-13H2,2-4H3,(H,25,28);3-4H,1-2H3;2*1-2H3/b;4-3-;;. The zero-order valence-corrected chi connectivity index (χ0v) is 26.9. The van der Waals surface area contributed by atoms with Gasteiger partial charge in [-0.25, -0.2) is 9.59 Å². The summed E-state index contributed by atoms with van der Waals surface area (Å²) in [6.45, 7) is 22.4. The predicted molar refractivity (Wildman–Crippen MR) is 169 cm³/mol. The molecule has 0 unspecified atom stereocenters. The van der Waals surface area contributed by atoms with Gasteiger partial charge in [0.2, 0.25) is 0 Å². The fourth-order valence-corrected chi connectivity index (χ4v) is 4.27. The lowest BCUT2D eigenvalue weighted by Crippen LogP contribution is -2.38. The Labute approximate surface area is 242 Å². The monoisotopic (exact) mass is 604 g/mol. The number of urea groups is 1. The number of hydrogen-bond donors (Lipinski definition) is 1. The first-order chi connectivity index (χ1) is 18.1. The lowest BCUT2D eigenvalue weighted by molar-refractivity contribution is 0.00721. The van der Waals surface area contributed by atoms with E-state index in [1.165, 1.54) is 11.3 Å². The summed E-state index contributed by atoms with van der Waals surface area (Å²) < 4.78 is 6.59. The Kier molecular flexibility index (Phi) is 17.3. The number of ether oxygens (including phenoxy) is 1. The Hall–Kier alpha value is -2.64. The fourth-order valence-electron chi connectivity index (χ4n) is 3.05. The second-order valence-electron chi connectivity index (χ2n) is 8.64. The summed E-state index contributed by atoms with van der Waals surface area (Å²) in [7, 11) is 0. The maximum absolute atomic E-state index is 13.0. The van der Waals surface area contributed by atoms with Crippen LogP contribution in [0.4, 0.5) is 9.80 Å². The van der Waals surface area contributed by atoms with Gasteiger partial charge >= 0.3 is 12.0 Å². The Morgan fingerprint density at radius 1 is 1.08 bits per heavy atom. The predicted octanol–water partition coefficient (Wildman–Crippen LogP) is 10.1. The molecule has 0 saturated carbocycles. The van der Waals surface area contributed by atoms with Gasteiger partial charge in [-0.2, -0.15) is 0 Å². The van der Waals surface area contributed by atoms with E-state index in [0.29, 0.717) is 23.7 Å². The topological polar surface area (TPSA) is 58.6 Å². The summed E-state index contributed by atoms with van der Waals surface area (Å²) in [6, 6.07) is 7.46. The Morgan fingerprint density at radius 2 is 1.66 bits per heavy atom. The second-order valence-corrected chi connectivity index (χ2v) is 10.4. The second kappa shape index (κ2) is 18.6. The normalized spacial score (nSPS) is 12.5. The molecule has 0 fully saturated rings. The van der Waals surface area contributed by atoms with Crippen molar-refractivity contribution in [2.45, 2.75) is 74.3 Å². The minimum absolute atomic E-state index is 0.233. The molecule has 2 heterocycles. The van der Waals surface area contributed by atoms with Crippen LogP contribution in [0, 0.1) is 0 Å². The zero-order valence-electron chi connectivity index (χ0n) is 24.5. The van der Waals surface area contributed by atoms with E-state index in [2.05, 4.69) is 27.8 Å². The van der Waals surface area contributed by atoms with Crippen LogP contribution in [0.5, 0.6) is 0 Å².